The number of ether oxygens (including phenoxy) is 2. The van der Waals surface area contributed by atoms with Crippen LogP contribution in [-0.2, 0) is 10.2 Å². The number of amides is 2. The number of likely N-dealkylation sites (tertiary alicyclic amines) is 1. The van der Waals surface area contributed by atoms with Crippen LogP contribution in [0.1, 0.15) is 43.6 Å². The Kier molecular flexibility index (Phi) is 5.45. The van der Waals surface area contributed by atoms with E-state index < -0.39 is 11.5 Å². The van der Waals surface area contributed by atoms with Crippen molar-refractivity contribution < 1.29 is 27.0 Å². The van der Waals surface area contributed by atoms with Crippen molar-refractivity contribution >= 4 is 17.5 Å². The number of rotatable bonds is 5. The van der Waals surface area contributed by atoms with Gasteiger partial charge >= 0.3 is 0 Å². The van der Waals surface area contributed by atoms with E-state index in [1.807, 2.05) is 67.6 Å². The molecule has 0 aromatic heterocycles. The highest BCUT2D eigenvalue weighted by Crippen LogP contribution is 2.51. The Hall–Kier alpha value is -3.84. The minimum absolute atomic E-state index is 0. The van der Waals surface area contributed by atoms with Crippen LogP contribution >= 0.6 is 0 Å². The van der Waals surface area contributed by atoms with Crippen LogP contribution in [0.15, 0.2) is 60.7 Å². The highest BCUT2D eigenvalue weighted by atomic mass is 16.7. The smallest absolute Gasteiger partial charge is 0.253 e. The zero-order chi connectivity index (χ0) is 24.9. The first-order valence-corrected chi connectivity index (χ1v) is 12.3. The number of carbonyl (C=O) groups excluding carboxylic acids is 2. The molecular weight excluding hydrogens is 456 g/mol. The Labute approximate surface area is 212 Å². The summed E-state index contributed by atoms with van der Waals surface area (Å²) in [5.74, 6) is 1.31. The molecule has 0 unspecified atom stereocenters. The summed E-state index contributed by atoms with van der Waals surface area (Å²) in [4.78, 5) is 27.8. The van der Waals surface area contributed by atoms with Crippen molar-refractivity contribution in [1.29, 1.82) is 0 Å². The Balaban J connectivity index is 0.00000168. The van der Waals surface area contributed by atoms with Crippen LogP contribution in [0.4, 0.5) is 5.69 Å². The van der Waals surface area contributed by atoms with Crippen LogP contribution < -0.4 is 14.8 Å². The van der Waals surface area contributed by atoms with Crippen molar-refractivity contribution in [2.45, 2.75) is 37.7 Å². The molecule has 1 aliphatic carbocycles. The van der Waals surface area contributed by atoms with Crippen LogP contribution in [0.2, 0.25) is 0 Å². The Morgan fingerprint density at radius 3 is 2.53 bits per heavy atom. The second-order valence-electron chi connectivity index (χ2n) is 9.90. The second-order valence-corrected chi connectivity index (χ2v) is 9.90. The van der Waals surface area contributed by atoms with Gasteiger partial charge in [0.05, 0.1) is 11.5 Å². The van der Waals surface area contributed by atoms with Crippen molar-refractivity contribution in [1.82, 2.24) is 4.90 Å². The topological polar surface area (TPSA) is 88.1 Å². The number of nitrogens with one attached hydrogen (secondary N) is 1. The number of nitrogens with zero attached hydrogens (tertiary/aromatic N) is 1. The Morgan fingerprint density at radius 1 is 1.03 bits per heavy atom. The first kappa shape index (κ1) is 22.6. The molecule has 7 nitrogen and oxygen atoms in total. The molecule has 6 rings (SSSR count). The quantitative estimate of drug-likeness (QED) is 0.541. The van der Waals surface area contributed by atoms with Gasteiger partial charge in [0.25, 0.3) is 5.91 Å². The highest BCUT2D eigenvalue weighted by Gasteiger charge is 2.51. The lowest BCUT2D eigenvalue weighted by Crippen LogP contribution is -2.29. The molecule has 3 aromatic rings. The maximum absolute atomic E-state index is 13.4. The fraction of sp³-hybridized carbons (Fsp3) is 0.310. The third kappa shape index (κ3) is 3.99. The molecule has 2 N–H and O–H groups in total. The predicted molar refractivity (Wildman–Crippen MR) is 139 cm³/mol. The van der Waals surface area contributed by atoms with E-state index in [1.165, 1.54) is 0 Å². The third-order valence-corrected chi connectivity index (χ3v) is 7.50. The molecule has 0 radical (unpaired) electrons. The Bertz CT molecular complexity index is 1360. The van der Waals surface area contributed by atoms with E-state index in [9.17, 15) is 14.7 Å². The van der Waals surface area contributed by atoms with Crippen molar-refractivity contribution in [3.8, 4) is 22.6 Å². The van der Waals surface area contributed by atoms with E-state index in [2.05, 4.69) is 5.32 Å². The van der Waals surface area contributed by atoms with Gasteiger partial charge in [-0.2, -0.15) is 0 Å². The first-order chi connectivity index (χ1) is 17.4. The highest BCUT2D eigenvalue weighted by molar-refractivity contribution is 6.02. The molecule has 1 atom stereocenters. The number of aliphatic hydroxyl groups is 1. The maximum atomic E-state index is 13.4. The maximum Gasteiger partial charge on any atom is 0.253 e. The first-order valence-electron chi connectivity index (χ1n) is 12.3. The Morgan fingerprint density at radius 2 is 1.81 bits per heavy atom. The lowest BCUT2D eigenvalue weighted by molar-refractivity contribution is -0.118. The molecule has 2 fully saturated rings. The molecule has 1 saturated carbocycles. The van der Waals surface area contributed by atoms with Gasteiger partial charge in [-0.25, -0.2) is 0 Å². The van der Waals surface area contributed by atoms with Crippen LogP contribution in [0.3, 0.4) is 0 Å². The van der Waals surface area contributed by atoms with E-state index in [-0.39, 0.29) is 21.5 Å². The molecule has 3 aromatic carbocycles. The second kappa shape index (κ2) is 8.68. The molecule has 36 heavy (non-hydrogen) atoms. The summed E-state index contributed by atoms with van der Waals surface area (Å²) in [6.07, 6.45) is 1.77. The van der Waals surface area contributed by atoms with Crippen molar-refractivity contribution in [3.05, 3.63) is 77.4 Å². The van der Waals surface area contributed by atoms with Crippen LogP contribution in [-0.4, -0.2) is 47.8 Å². The van der Waals surface area contributed by atoms with Crippen LogP contribution in [0, 0.1) is 6.92 Å². The number of hydrogen-bond acceptors (Lipinski definition) is 5. The normalized spacial score (nSPS) is 19.3. The van der Waals surface area contributed by atoms with Crippen LogP contribution in [0.25, 0.3) is 11.1 Å². The molecule has 7 heteroatoms. The molecule has 1 saturated heterocycles. The molecule has 0 spiro atoms. The number of hydrogen-bond donors (Lipinski definition) is 2. The minimum Gasteiger partial charge on any atom is -0.454 e. The summed E-state index contributed by atoms with van der Waals surface area (Å²) in [5, 5.41) is 12.9. The number of β-amino-alcohol motifs (C(OH)–C–C–N with tert-alkyl or cyclic N) is 1. The van der Waals surface area contributed by atoms with E-state index in [1.54, 1.807) is 4.90 Å². The van der Waals surface area contributed by atoms with Gasteiger partial charge < -0.3 is 24.8 Å². The van der Waals surface area contributed by atoms with Gasteiger partial charge in [0.15, 0.2) is 11.5 Å². The zero-order valence-electron chi connectivity index (χ0n) is 20.1. The lowest BCUT2D eigenvalue weighted by Gasteiger charge is -2.18. The molecule has 2 amide bonds. The van der Waals surface area contributed by atoms with Gasteiger partial charge in [0, 0.05) is 27.2 Å². The molecular formula is C29H32N2O5. The number of anilines is 1. The van der Waals surface area contributed by atoms with E-state index in [0.717, 1.165) is 40.8 Å². The number of benzene rings is 3. The summed E-state index contributed by atoms with van der Waals surface area (Å²) in [6, 6.07) is 19.2. The fourth-order valence-corrected chi connectivity index (χ4v) is 5.13. The summed E-state index contributed by atoms with van der Waals surface area (Å²) < 4.78 is 10.9. The molecule has 3 aliphatic rings. The van der Waals surface area contributed by atoms with Crippen molar-refractivity contribution in [3.63, 3.8) is 0 Å². The van der Waals surface area contributed by atoms with Gasteiger partial charge in [-0.1, -0.05) is 24.3 Å². The van der Waals surface area contributed by atoms with Gasteiger partial charge in [-0.05, 0) is 84.8 Å². The molecule has 2 heterocycles. The van der Waals surface area contributed by atoms with Crippen LogP contribution in [0.5, 0.6) is 11.5 Å². The fourth-order valence-electron chi connectivity index (χ4n) is 5.13. The summed E-state index contributed by atoms with van der Waals surface area (Å²) in [5.41, 5.74) is 4.79. The summed E-state index contributed by atoms with van der Waals surface area (Å²) in [6.45, 7) is 3.20. The van der Waals surface area contributed by atoms with Gasteiger partial charge in [0.2, 0.25) is 12.7 Å². The largest absolute Gasteiger partial charge is 0.454 e. The van der Waals surface area contributed by atoms with Gasteiger partial charge in [0.1, 0.15) is 0 Å². The molecule has 2 aliphatic heterocycles. The van der Waals surface area contributed by atoms with Crippen molar-refractivity contribution in [2.24, 2.45) is 0 Å². The molecule has 188 valence electrons. The summed E-state index contributed by atoms with van der Waals surface area (Å²) in [7, 11) is 0. The average molecular weight is 489 g/mol. The number of aryl methyl sites for hydroxylation is 1. The minimum atomic E-state index is -0.544. The van der Waals surface area contributed by atoms with E-state index in [4.69, 9.17) is 9.47 Å². The number of aliphatic hydroxyl groups excluding tert-OH is 1. The standard InChI is InChI=1S/C29H28N2O5.2H2/c1-18-2-8-22(30-28(34)29(11-12-29)21-7-9-25-26(14-21)36-17-35-25)15-24(18)19-3-5-20(6-4-19)27(33)31-13-10-23(32)16-31;;/h2-9,14-15,23,32H,10-13,16-17H2,1H3,(H,30,34);2*1H/t23-;;/m0../s1. The number of carbonyl (C=O) groups is 2. The van der Waals surface area contributed by atoms with Crippen molar-refractivity contribution in [2.75, 3.05) is 25.2 Å². The average Bonchev–Trinajstić information content (AvgIpc) is 3.37. The SMILES string of the molecule is Cc1ccc(NC(=O)C2(c3ccc4c(c3)OCO4)CC2)cc1-c1ccc(C(=O)N2CC[C@H](O)C2)cc1.[HH].[HH]. The van der Waals surface area contributed by atoms with Gasteiger partial charge in [-0.15, -0.1) is 0 Å². The van der Waals surface area contributed by atoms with E-state index >= 15 is 0 Å². The summed E-state index contributed by atoms with van der Waals surface area (Å²) >= 11 is 0. The third-order valence-electron chi connectivity index (χ3n) is 7.50. The zero-order valence-corrected chi connectivity index (χ0v) is 20.1. The lowest BCUT2D eigenvalue weighted by atomic mass is 9.94. The van der Waals surface area contributed by atoms with E-state index in [0.29, 0.717) is 36.6 Å². The predicted octanol–water partition coefficient (Wildman–Crippen LogP) is 4.76. The van der Waals surface area contributed by atoms with Gasteiger partial charge in [-0.3, -0.25) is 9.59 Å². The number of fused-ring (bicyclic) bond motifs is 1. The molecule has 0 bridgehead atoms. The monoisotopic (exact) mass is 488 g/mol.